The van der Waals surface area contributed by atoms with Crippen molar-refractivity contribution in [3.8, 4) is 0 Å². The molecule has 5 rings (SSSR count). The third-order valence-corrected chi connectivity index (χ3v) is 9.47. The molecule has 5 aromatic carbocycles. The Morgan fingerprint density at radius 2 is 0.833 bits per heavy atom. The molecule has 0 aliphatic rings. The molecule has 0 atom stereocenters. The molecule has 0 saturated heterocycles. The Morgan fingerprint density at radius 3 is 1.15 bits per heavy atom. The summed E-state index contributed by atoms with van der Waals surface area (Å²) in [6, 6.07) is 40.6. The van der Waals surface area contributed by atoms with Crippen LogP contribution in [0.1, 0.15) is 83.3 Å². The van der Waals surface area contributed by atoms with Gasteiger partial charge in [-0.1, -0.05) is 96.1 Å². The van der Waals surface area contributed by atoms with Gasteiger partial charge in [-0.15, -0.1) is 0 Å². The van der Waals surface area contributed by atoms with Crippen molar-refractivity contribution in [2.45, 2.75) is 55.4 Å². The molecule has 48 heavy (non-hydrogen) atoms. The highest BCUT2D eigenvalue weighted by Gasteiger charge is 2.14. The fourth-order valence-electron chi connectivity index (χ4n) is 6.75. The zero-order valence-corrected chi connectivity index (χ0v) is 30.3. The van der Waals surface area contributed by atoms with Crippen molar-refractivity contribution in [3.05, 3.63) is 165 Å². The molecule has 0 aromatic heterocycles. The monoisotopic (exact) mass is 632 g/mol. The molecular formula is C46H52N2. The van der Waals surface area contributed by atoms with Gasteiger partial charge in [0, 0.05) is 37.6 Å². The topological polar surface area (TPSA) is 6.48 Å². The SMILES string of the molecule is CCN(CC)c1ccc(C(=Cc2ccc(C=C(c3cccc(C)c3)c3ccc(N(CC)CC)cc3C)cc2)c2cccc(C)c2)c(C)c1. The predicted octanol–water partition coefficient (Wildman–Crippen LogP) is 11.8. The van der Waals surface area contributed by atoms with E-state index >= 15 is 0 Å². The molecule has 0 fully saturated rings. The second-order valence-electron chi connectivity index (χ2n) is 12.9. The van der Waals surface area contributed by atoms with E-state index in [0.29, 0.717) is 0 Å². The van der Waals surface area contributed by atoms with E-state index in [-0.39, 0.29) is 0 Å². The van der Waals surface area contributed by atoms with Gasteiger partial charge in [-0.2, -0.15) is 0 Å². The largest absolute Gasteiger partial charge is 0.372 e. The van der Waals surface area contributed by atoms with E-state index in [2.05, 4.69) is 187 Å². The van der Waals surface area contributed by atoms with Gasteiger partial charge < -0.3 is 9.80 Å². The second kappa shape index (κ2) is 15.8. The van der Waals surface area contributed by atoms with Gasteiger partial charge in [-0.25, -0.2) is 0 Å². The Hall–Kier alpha value is -4.82. The summed E-state index contributed by atoms with van der Waals surface area (Å²) in [5.41, 5.74) is 17.6. The van der Waals surface area contributed by atoms with E-state index in [1.165, 1.54) is 78.2 Å². The van der Waals surface area contributed by atoms with Crippen LogP contribution in [0, 0.1) is 27.7 Å². The maximum atomic E-state index is 2.41. The molecule has 0 radical (unpaired) electrons. The van der Waals surface area contributed by atoms with Crippen molar-refractivity contribution >= 4 is 34.7 Å². The van der Waals surface area contributed by atoms with E-state index in [0.717, 1.165) is 26.2 Å². The number of rotatable bonds is 12. The average molecular weight is 633 g/mol. The average Bonchev–Trinajstić information content (AvgIpc) is 3.08. The first-order valence-corrected chi connectivity index (χ1v) is 17.6. The molecule has 2 heteroatoms. The lowest BCUT2D eigenvalue weighted by molar-refractivity contribution is 0.865. The van der Waals surface area contributed by atoms with E-state index in [1.54, 1.807) is 0 Å². The first kappa shape index (κ1) is 34.5. The van der Waals surface area contributed by atoms with Gasteiger partial charge >= 0.3 is 0 Å². The molecule has 246 valence electrons. The molecule has 0 N–H and O–H groups in total. The van der Waals surface area contributed by atoms with Crippen LogP contribution >= 0.6 is 0 Å². The first-order chi connectivity index (χ1) is 23.2. The third-order valence-electron chi connectivity index (χ3n) is 9.47. The van der Waals surface area contributed by atoms with Crippen LogP contribution in [0.4, 0.5) is 11.4 Å². The zero-order valence-electron chi connectivity index (χ0n) is 30.3. The summed E-state index contributed by atoms with van der Waals surface area (Å²) in [6.45, 7) is 21.7. The van der Waals surface area contributed by atoms with Crippen LogP contribution in [0.5, 0.6) is 0 Å². The molecular weight excluding hydrogens is 581 g/mol. The highest BCUT2D eigenvalue weighted by molar-refractivity contribution is 5.95. The van der Waals surface area contributed by atoms with E-state index in [4.69, 9.17) is 0 Å². The van der Waals surface area contributed by atoms with Crippen LogP contribution in [0.25, 0.3) is 23.3 Å². The van der Waals surface area contributed by atoms with Crippen LogP contribution in [0.15, 0.2) is 109 Å². The van der Waals surface area contributed by atoms with Crippen LogP contribution < -0.4 is 9.80 Å². The first-order valence-electron chi connectivity index (χ1n) is 17.6. The lowest BCUT2D eigenvalue weighted by atomic mass is 9.90. The molecule has 0 aliphatic heterocycles. The highest BCUT2D eigenvalue weighted by Crippen LogP contribution is 2.34. The Bertz CT molecular complexity index is 1760. The van der Waals surface area contributed by atoms with E-state index in [9.17, 15) is 0 Å². The third kappa shape index (κ3) is 8.00. The van der Waals surface area contributed by atoms with E-state index in [1.807, 2.05) is 0 Å². The van der Waals surface area contributed by atoms with Gasteiger partial charge in [0.05, 0.1) is 0 Å². The van der Waals surface area contributed by atoms with Crippen molar-refractivity contribution in [1.82, 2.24) is 0 Å². The predicted molar refractivity (Wildman–Crippen MR) is 212 cm³/mol. The molecule has 5 aromatic rings. The van der Waals surface area contributed by atoms with Gasteiger partial charge in [-0.05, 0) is 147 Å². The maximum absolute atomic E-state index is 2.41. The molecule has 0 heterocycles. The van der Waals surface area contributed by atoms with Crippen molar-refractivity contribution in [3.63, 3.8) is 0 Å². The lowest BCUT2D eigenvalue weighted by Gasteiger charge is -2.23. The Labute approximate surface area is 290 Å². The molecule has 0 unspecified atom stereocenters. The summed E-state index contributed by atoms with van der Waals surface area (Å²) in [5, 5.41) is 0. The van der Waals surface area contributed by atoms with Crippen molar-refractivity contribution < 1.29 is 0 Å². The minimum absolute atomic E-state index is 1.00. The Morgan fingerprint density at radius 1 is 0.458 bits per heavy atom. The molecule has 0 spiro atoms. The minimum Gasteiger partial charge on any atom is -0.372 e. The van der Waals surface area contributed by atoms with Gasteiger partial charge in [0.25, 0.3) is 0 Å². The van der Waals surface area contributed by atoms with Crippen LogP contribution in [-0.4, -0.2) is 26.2 Å². The molecule has 0 saturated carbocycles. The molecule has 0 aliphatic carbocycles. The maximum Gasteiger partial charge on any atom is 0.0369 e. The smallest absolute Gasteiger partial charge is 0.0369 e. The van der Waals surface area contributed by atoms with Crippen LogP contribution in [0.2, 0.25) is 0 Å². The van der Waals surface area contributed by atoms with Crippen molar-refractivity contribution in [1.29, 1.82) is 0 Å². The summed E-state index contributed by atoms with van der Waals surface area (Å²) in [4.78, 5) is 4.82. The zero-order chi connectivity index (χ0) is 34.2. The quantitative estimate of drug-likeness (QED) is 0.126. The van der Waals surface area contributed by atoms with Crippen molar-refractivity contribution in [2.24, 2.45) is 0 Å². The molecule has 0 bridgehead atoms. The number of anilines is 2. The summed E-state index contributed by atoms with van der Waals surface area (Å²) in [6.07, 6.45) is 4.69. The number of nitrogens with zero attached hydrogens (tertiary/aromatic N) is 2. The van der Waals surface area contributed by atoms with Crippen LogP contribution in [-0.2, 0) is 0 Å². The summed E-state index contributed by atoms with van der Waals surface area (Å²) < 4.78 is 0. The minimum atomic E-state index is 1.00. The number of hydrogen-bond donors (Lipinski definition) is 0. The van der Waals surface area contributed by atoms with Gasteiger partial charge in [0.15, 0.2) is 0 Å². The normalized spacial score (nSPS) is 11.9. The number of aryl methyl sites for hydroxylation is 4. The fourth-order valence-corrected chi connectivity index (χ4v) is 6.75. The van der Waals surface area contributed by atoms with Crippen LogP contribution in [0.3, 0.4) is 0 Å². The summed E-state index contributed by atoms with van der Waals surface area (Å²) in [5.74, 6) is 0. The van der Waals surface area contributed by atoms with Gasteiger partial charge in [-0.3, -0.25) is 0 Å². The summed E-state index contributed by atoms with van der Waals surface area (Å²) in [7, 11) is 0. The standard InChI is InChI=1S/C46H52N2/c1-9-47(10-2)41-23-25-43(35(7)29-41)45(39-17-13-15-33(5)27-39)31-37-19-21-38(22-20-37)32-46(40-18-14-16-34(6)28-40)44-26-24-42(30-36(44)8)48(11-3)12-4/h13-32H,9-12H2,1-8H3. The molecule has 0 amide bonds. The van der Waals surface area contributed by atoms with Gasteiger partial charge in [0.2, 0.25) is 0 Å². The lowest BCUT2D eigenvalue weighted by Crippen LogP contribution is -2.21. The van der Waals surface area contributed by atoms with Crippen molar-refractivity contribution in [2.75, 3.05) is 36.0 Å². The molecule has 2 nitrogen and oxygen atoms in total. The Kier molecular flexibility index (Phi) is 11.4. The number of benzene rings is 5. The second-order valence-corrected chi connectivity index (χ2v) is 12.9. The highest BCUT2D eigenvalue weighted by atomic mass is 15.1. The summed E-state index contributed by atoms with van der Waals surface area (Å²) >= 11 is 0. The van der Waals surface area contributed by atoms with E-state index < -0.39 is 0 Å². The number of hydrogen-bond acceptors (Lipinski definition) is 2. The Balaban J connectivity index is 1.57. The fraction of sp³-hybridized carbons (Fsp3) is 0.261. The van der Waals surface area contributed by atoms with Gasteiger partial charge in [0.1, 0.15) is 0 Å².